The monoisotopic (exact) mass is 349 g/mol. The highest BCUT2D eigenvalue weighted by molar-refractivity contribution is 5.88. The van der Waals surface area contributed by atoms with Crippen LogP contribution in [0, 0.1) is 0 Å². The predicted molar refractivity (Wildman–Crippen MR) is 101 cm³/mol. The summed E-state index contributed by atoms with van der Waals surface area (Å²) in [5, 5.41) is 9.95. The van der Waals surface area contributed by atoms with Gasteiger partial charge in [-0.25, -0.2) is 4.98 Å². The summed E-state index contributed by atoms with van der Waals surface area (Å²) >= 11 is 0. The third-order valence-electron chi connectivity index (χ3n) is 5.57. The van der Waals surface area contributed by atoms with E-state index in [1.165, 1.54) is 19.3 Å². The van der Waals surface area contributed by atoms with Crippen LogP contribution in [0.2, 0.25) is 0 Å². The van der Waals surface area contributed by atoms with Gasteiger partial charge in [-0.1, -0.05) is 18.6 Å². The summed E-state index contributed by atoms with van der Waals surface area (Å²) in [6, 6.07) is 8.08. The van der Waals surface area contributed by atoms with Gasteiger partial charge in [-0.3, -0.25) is 0 Å². The Hall–Kier alpha value is -2.70. The Kier molecular flexibility index (Phi) is 3.72. The number of nitrogens with two attached hydrogens (primary N) is 1. The molecule has 0 unspecified atom stereocenters. The van der Waals surface area contributed by atoms with Gasteiger partial charge in [-0.2, -0.15) is 4.98 Å². The van der Waals surface area contributed by atoms with Crippen LogP contribution in [0.4, 0.5) is 11.8 Å². The maximum atomic E-state index is 6.21. The number of aromatic nitrogens is 5. The maximum Gasteiger partial charge on any atom is 0.228 e. The molecule has 1 fully saturated rings. The van der Waals surface area contributed by atoms with E-state index in [0.29, 0.717) is 11.8 Å². The van der Waals surface area contributed by atoms with Crippen molar-refractivity contribution in [3.8, 4) is 0 Å². The highest BCUT2D eigenvalue weighted by Gasteiger charge is 2.33. The van der Waals surface area contributed by atoms with E-state index in [0.717, 1.165) is 54.9 Å². The van der Waals surface area contributed by atoms with Gasteiger partial charge in [0.1, 0.15) is 11.6 Å². The van der Waals surface area contributed by atoms with E-state index >= 15 is 0 Å². The fourth-order valence-corrected chi connectivity index (χ4v) is 4.25. The lowest BCUT2D eigenvalue weighted by Gasteiger charge is -2.25. The average molecular weight is 349 g/mol. The average Bonchev–Trinajstić information content (AvgIpc) is 3.22. The zero-order chi connectivity index (χ0) is 17.5. The summed E-state index contributed by atoms with van der Waals surface area (Å²) in [5.41, 5.74) is 7.10. The van der Waals surface area contributed by atoms with Crippen LogP contribution < -0.4 is 10.6 Å². The molecule has 0 saturated carbocycles. The van der Waals surface area contributed by atoms with Crippen LogP contribution in [-0.4, -0.2) is 31.3 Å². The van der Waals surface area contributed by atoms with Gasteiger partial charge in [0, 0.05) is 24.9 Å². The lowest BCUT2D eigenvalue weighted by atomic mass is 10.2. The molecule has 26 heavy (non-hydrogen) atoms. The standard InChI is InChI=1S/C19H23N7/c20-17-13-7-3-4-8-14(13)21-19(22-17)25-12-6-9-15(25)18-24-23-16-10-2-1-5-11-26(16)18/h3-4,7-8,15H,1-2,5-6,9-12H2,(H2,20,21,22)/t15-/m1/s1. The molecule has 2 N–H and O–H groups in total. The van der Waals surface area contributed by atoms with Crippen molar-refractivity contribution in [1.29, 1.82) is 0 Å². The first-order chi connectivity index (χ1) is 12.8. The molecule has 0 bridgehead atoms. The summed E-state index contributed by atoms with van der Waals surface area (Å²) < 4.78 is 2.33. The lowest BCUT2D eigenvalue weighted by Crippen LogP contribution is -2.27. The van der Waals surface area contributed by atoms with Crippen LogP contribution >= 0.6 is 0 Å². The van der Waals surface area contributed by atoms with Gasteiger partial charge in [0.15, 0.2) is 5.82 Å². The Morgan fingerprint density at radius 2 is 1.88 bits per heavy atom. The normalized spacial score (nSPS) is 20.3. The quantitative estimate of drug-likeness (QED) is 0.766. The largest absolute Gasteiger partial charge is 0.383 e. The molecule has 1 aromatic carbocycles. The second kappa shape index (κ2) is 6.23. The summed E-state index contributed by atoms with van der Waals surface area (Å²) in [6.45, 7) is 1.94. The van der Waals surface area contributed by atoms with Gasteiger partial charge in [0.2, 0.25) is 5.95 Å². The lowest BCUT2D eigenvalue weighted by molar-refractivity contribution is 0.556. The number of fused-ring (bicyclic) bond motifs is 2. The van der Waals surface area contributed by atoms with Crippen LogP contribution in [0.3, 0.4) is 0 Å². The van der Waals surface area contributed by atoms with Crippen LogP contribution in [0.5, 0.6) is 0 Å². The number of benzene rings is 1. The minimum absolute atomic E-state index is 0.176. The van der Waals surface area contributed by atoms with Crippen LogP contribution in [-0.2, 0) is 13.0 Å². The van der Waals surface area contributed by atoms with Crippen molar-refractivity contribution >= 4 is 22.7 Å². The van der Waals surface area contributed by atoms with Crippen molar-refractivity contribution in [2.24, 2.45) is 0 Å². The first-order valence-electron chi connectivity index (χ1n) is 9.52. The molecule has 2 aliphatic rings. The Morgan fingerprint density at radius 1 is 0.962 bits per heavy atom. The van der Waals surface area contributed by atoms with Crippen molar-refractivity contribution in [2.75, 3.05) is 17.2 Å². The Balaban J connectivity index is 1.55. The van der Waals surface area contributed by atoms with Crippen LogP contribution in [0.1, 0.15) is 49.8 Å². The van der Waals surface area contributed by atoms with Gasteiger partial charge in [-0.15, -0.1) is 10.2 Å². The van der Waals surface area contributed by atoms with E-state index in [1.54, 1.807) is 0 Å². The molecular formula is C19H23N7. The van der Waals surface area contributed by atoms with Crippen molar-refractivity contribution in [2.45, 2.75) is 51.1 Å². The van der Waals surface area contributed by atoms with Crippen molar-refractivity contribution in [3.05, 3.63) is 35.9 Å². The molecule has 0 amide bonds. The molecule has 7 heteroatoms. The molecule has 0 radical (unpaired) electrons. The number of nitrogen functional groups attached to an aromatic ring is 1. The van der Waals surface area contributed by atoms with Gasteiger partial charge < -0.3 is 15.2 Å². The van der Waals surface area contributed by atoms with Crippen molar-refractivity contribution in [3.63, 3.8) is 0 Å². The topological polar surface area (TPSA) is 85.8 Å². The van der Waals surface area contributed by atoms with Crippen LogP contribution in [0.15, 0.2) is 24.3 Å². The fourth-order valence-electron chi connectivity index (χ4n) is 4.25. The number of hydrogen-bond donors (Lipinski definition) is 1. The molecule has 1 atom stereocenters. The van der Waals surface area contributed by atoms with E-state index in [1.807, 2.05) is 24.3 Å². The molecule has 4 heterocycles. The van der Waals surface area contributed by atoms with Gasteiger partial charge in [0.25, 0.3) is 0 Å². The van der Waals surface area contributed by atoms with Gasteiger partial charge in [0.05, 0.1) is 11.6 Å². The molecule has 1 saturated heterocycles. The van der Waals surface area contributed by atoms with E-state index < -0.39 is 0 Å². The number of anilines is 2. The molecule has 2 aliphatic heterocycles. The Morgan fingerprint density at radius 3 is 2.85 bits per heavy atom. The van der Waals surface area contributed by atoms with E-state index in [9.17, 15) is 0 Å². The molecule has 0 aliphatic carbocycles. The first-order valence-corrected chi connectivity index (χ1v) is 9.52. The molecule has 3 aromatic rings. The van der Waals surface area contributed by atoms with Crippen molar-refractivity contribution in [1.82, 2.24) is 24.7 Å². The highest BCUT2D eigenvalue weighted by Crippen LogP contribution is 2.35. The molecule has 2 aromatic heterocycles. The first kappa shape index (κ1) is 15.5. The van der Waals surface area contributed by atoms with Gasteiger partial charge in [-0.05, 0) is 37.8 Å². The smallest absolute Gasteiger partial charge is 0.228 e. The molecule has 0 spiro atoms. The Bertz CT molecular complexity index is 948. The third kappa shape index (κ3) is 2.50. The number of para-hydroxylation sites is 1. The molecule has 5 rings (SSSR count). The molecular weight excluding hydrogens is 326 g/mol. The number of rotatable bonds is 2. The zero-order valence-electron chi connectivity index (χ0n) is 14.8. The minimum Gasteiger partial charge on any atom is -0.383 e. The number of aryl methyl sites for hydroxylation is 1. The summed E-state index contributed by atoms with van der Waals surface area (Å²) in [6.07, 6.45) is 6.85. The molecule has 7 nitrogen and oxygen atoms in total. The minimum atomic E-state index is 0.176. The predicted octanol–water partition coefficient (Wildman–Crippen LogP) is 2.87. The second-order valence-electron chi connectivity index (χ2n) is 7.21. The van der Waals surface area contributed by atoms with Crippen LogP contribution in [0.25, 0.3) is 10.9 Å². The fraction of sp³-hybridized carbons (Fsp3) is 0.474. The SMILES string of the molecule is Nc1nc(N2CCC[C@@H]2c2nnc3n2CCCCC3)nc2ccccc12. The van der Waals surface area contributed by atoms with E-state index in [2.05, 4.69) is 24.6 Å². The molecule has 134 valence electrons. The third-order valence-corrected chi connectivity index (χ3v) is 5.57. The maximum absolute atomic E-state index is 6.21. The number of nitrogens with zero attached hydrogens (tertiary/aromatic N) is 6. The summed E-state index contributed by atoms with van der Waals surface area (Å²) in [4.78, 5) is 11.7. The Labute approximate surface area is 152 Å². The van der Waals surface area contributed by atoms with Crippen molar-refractivity contribution < 1.29 is 0 Å². The summed E-state index contributed by atoms with van der Waals surface area (Å²) in [7, 11) is 0. The van der Waals surface area contributed by atoms with Gasteiger partial charge >= 0.3 is 0 Å². The highest BCUT2D eigenvalue weighted by atomic mass is 15.4. The van der Waals surface area contributed by atoms with E-state index in [4.69, 9.17) is 10.7 Å². The number of hydrogen-bond acceptors (Lipinski definition) is 6. The second-order valence-corrected chi connectivity index (χ2v) is 7.21. The van der Waals surface area contributed by atoms with E-state index in [-0.39, 0.29) is 6.04 Å². The zero-order valence-corrected chi connectivity index (χ0v) is 14.8. The summed E-state index contributed by atoms with van der Waals surface area (Å²) in [5.74, 6) is 3.43.